The number of ether oxygens (including phenoxy) is 1. The van der Waals surface area contributed by atoms with Crippen LogP contribution < -0.4 is 11.1 Å². The minimum Gasteiger partial charge on any atom is -0.382 e. The summed E-state index contributed by atoms with van der Waals surface area (Å²) < 4.78 is 47.5. The average Bonchev–Trinajstić information content (AvgIpc) is 2.87. The summed E-state index contributed by atoms with van der Waals surface area (Å²) in [6.45, 7) is 5.69. The Morgan fingerprint density at radius 3 is 2.44 bits per heavy atom. The molecule has 0 spiro atoms. The highest BCUT2D eigenvalue weighted by molar-refractivity contribution is 5.72. The summed E-state index contributed by atoms with van der Waals surface area (Å²) in [5, 5.41) is 6.76. The van der Waals surface area contributed by atoms with Crippen LogP contribution in [0, 0.1) is 6.92 Å². The van der Waals surface area contributed by atoms with Crippen LogP contribution in [0.2, 0.25) is 0 Å². The van der Waals surface area contributed by atoms with Crippen molar-refractivity contribution in [3.63, 3.8) is 0 Å². The zero-order chi connectivity index (χ0) is 19.0. The van der Waals surface area contributed by atoms with Gasteiger partial charge in [-0.3, -0.25) is 4.68 Å². The molecule has 2 aromatic heterocycles. The Hall–Kier alpha value is -2.36. The molecule has 0 aliphatic heterocycles. The number of nitrogens with zero attached hydrogens (tertiary/aromatic N) is 4. The van der Waals surface area contributed by atoms with Crippen LogP contribution in [0.3, 0.4) is 0 Å². The predicted octanol–water partition coefficient (Wildman–Crippen LogP) is 2.67. The molecule has 2 rings (SSSR count). The second-order valence-electron chi connectivity index (χ2n) is 6.22. The summed E-state index contributed by atoms with van der Waals surface area (Å²) in [4.78, 5) is 7.49. The van der Waals surface area contributed by atoms with Gasteiger partial charge in [-0.05, 0) is 20.8 Å². The number of aryl methyl sites for hydroxylation is 1. The third-order valence-corrected chi connectivity index (χ3v) is 3.72. The topological polar surface area (TPSA) is 90.9 Å². The molecule has 25 heavy (non-hydrogen) atoms. The summed E-state index contributed by atoms with van der Waals surface area (Å²) in [6, 6.07) is 0. The molecule has 3 N–H and O–H groups in total. The van der Waals surface area contributed by atoms with Crippen molar-refractivity contribution in [3.05, 3.63) is 17.5 Å². The Balaban J connectivity index is 2.71. The first-order valence-corrected chi connectivity index (χ1v) is 7.49. The molecule has 0 aliphatic carbocycles. The highest BCUT2D eigenvalue weighted by Crippen LogP contribution is 2.41. The van der Waals surface area contributed by atoms with Crippen LogP contribution in [0.25, 0.3) is 11.3 Å². The molecule has 0 radical (unpaired) electrons. The second kappa shape index (κ2) is 6.51. The Morgan fingerprint density at radius 1 is 1.28 bits per heavy atom. The predicted molar refractivity (Wildman–Crippen MR) is 88.1 cm³/mol. The van der Waals surface area contributed by atoms with Crippen LogP contribution in [0.15, 0.2) is 6.20 Å². The molecule has 10 heteroatoms. The van der Waals surface area contributed by atoms with Gasteiger partial charge in [0.15, 0.2) is 0 Å². The number of aromatic nitrogens is 4. The number of nitrogens with one attached hydrogen (secondary N) is 1. The Bertz CT molecular complexity index is 769. The maximum Gasteiger partial charge on any atom is 0.422 e. The second-order valence-corrected chi connectivity index (χ2v) is 6.22. The SMILES string of the molecule is CNc1nc(N)nc(-c2cn(C(C)(C)COC)nc2C)c1C(F)(F)F. The molecule has 7 nitrogen and oxygen atoms in total. The lowest BCUT2D eigenvalue weighted by Gasteiger charge is -2.24. The molecular weight excluding hydrogens is 337 g/mol. The number of anilines is 2. The standard InChI is InChI=1S/C15H21F3N6O/c1-8-9(6-24(23-8)14(2,3)7-25-5)11-10(15(16,17)18)12(20-4)22-13(19)21-11/h6H,7H2,1-5H3,(H3,19,20,21,22). The van der Waals surface area contributed by atoms with Gasteiger partial charge in [-0.2, -0.15) is 23.3 Å². The van der Waals surface area contributed by atoms with E-state index in [1.54, 1.807) is 18.7 Å². The summed E-state index contributed by atoms with van der Waals surface area (Å²) in [5.41, 5.74) is 4.41. The fourth-order valence-electron chi connectivity index (χ4n) is 2.54. The minimum atomic E-state index is -4.65. The maximum atomic E-state index is 13.6. The smallest absolute Gasteiger partial charge is 0.382 e. The van der Waals surface area contributed by atoms with Gasteiger partial charge >= 0.3 is 6.18 Å². The quantitative estimate of drug-likeness (QED) is 0.854. The van der Waals surface area contributed by atoms with Crippen molar-refractivity contribution < 1.29 is 17.9 Å². The molecule has 0 amide bonds. The monoisotopic (exact) mass is 358 g/mol. The zero-order valence-corrected chi connectivity index (χ0v) is 14.7. The van der Waals surface area contributed by atoms with Crippen LogP contribution in [-0.4, -0.2) is 40.5 Å². The van der Waals surface area contributed by atoms with Gasteiger partial charge < -0.3 is 15.8 Å². The lowest BCUT2D eigenvalue weighted by molar-refractivity contribution is -0.136. The number of rotatable bonds is 5. The third-order valence-electron chi connectivity index (χ3n) is 3.72. The van der Waals surface area contributed by atoms with E-state index < -0.39 is 17.3 Å². The first-order chi connectivity index (χ1) is 11.5. The van der Waals surface area contributed by atoms with Gasteiger partial charge in [0.1, 0.15) is 11.4 Å². The summed E-state index contributed by atoms with van der Waals surface area (Å²) in [5.74, 6) is -0.631. The molecule has 0 bridgehead atoms. The van der Waals surface area contributed by atoms with Gasteiger partial charge in [0.05, 0.1) is 23.5 Å². The fraction of sp³-hybridized carbons (Fsp3) is 0.533. The number of hydrogen-bond donors (Lipinski definition) is 2. The first kappa shape index (κ1) is 19.0. The van der Waals surface area contributed by atoms with Crippen molar-refractivity contribution in [2.75, 3.05) is 31.8 Å². The number of halogens is 3. The van der Waals surface area contributed by atoms with E-state index in [1.165, 1.54) is 13.2 Å². The summed E-state index contributed by atoms with van der Waals surface area (Å²) >= 11 is 0. The van der Waals surface area contributed by atoms with Crippen LogP contribution in [-0.2, 0) is 16.5 Å². The Morgan fingerprint density at radius 2 is 1.92 bits per heavy atom. The van der Waals surface area contributed by atoms with Crippen LogP contribution in [0.4, 0.5) is 24.9 Å². The molecule has 0 atom stereocenters. The number of nitrogen functional groups attached to an aromatic ring is 1. The average molecular weight is 358 g/mol. The van der Waals surface area contributed by atoms with E-state index in [9.17, 15) is 13.2 Å². The van der Waals surface area contributed by atoms with E-state index in [-0.39, 0.29) is 23.0 Å². The van der Waals surface area contributed by atoms with Gasteiger partial charge in [0, 0.05) is 25.9 Å². The molecule has 2 heterocycles. The number of alkyl halides is 3. The lowest BCUT2D eigenvalue weighted by Crippen LogP contribution is -2.32. The molecule has 0 unspecified atom stereocenters. The van der Waals surface area contributed by atoms with Gasteiger partial charge in [-0.1, -0.05) is 0 Å². The largest absolute Gasteiger partial charge is 0.422 e. The maximum absolute atomic E-state index is 13.6. The van der Waals surface area contributed by atoms with Gasteiger partial charge in [0.25, 0.3) is 0 Å². The highest BCUT2D eigenvalue weighted by atomic mass is 19.4. The van der Waals surface area contributed by atoms with Gasteiger partial charge in [0.2, 0.25) is 5.95 Å². The van der Waals surface area contributed by atoms with Gasteiger partial charge in [-0.25, -0.2) is 4.98 Å². The van der Waals surface area contributed by atoms with Crippen LogP contribution in [0.5, 0.6) is 0 Å². The zero-order valence-electron chi connectivity index (χ0n) is 14.7. The van der Waals surface area contributed by atoms with Crippen LogP contribution >= 0.6 is 0 Å². The molecule has 0 aliphatic rings. The fourth-order valence-corrected chi connectivity index (χ4v) is 2.54. The Kier molecular flexibility index (Phi) is 4.94. The van der Waals surface area contributed by atoms with Crippen molar-refractivity contribution in [3.8, 4) is 11.3 Å². The first-order valence-electron chi connectivity index (χ1n) is 7.49. The number of hydrogen-bond acceptors (Lipinski definition) is 6. The van der Waals surface area contributed by atoms with Gasteiger partial charge in [-0.15, -0.1) is 0 Å². The molecule has 0 aromatic carbocycles. The molecule has 2 aromatic rings. The molecule has 0 saturated carbocycles. The van der Waals surface area contributed by atoms with Crippen molar-refractivity contribution in [1.82, 2.24) is 19.7 Å². The van der Waals surface area contributed by atoms with E-state index in [2.05, 4.69) is 20.4 Å². The van der Waals surface area contributed by atoms with Crippen molar-refractivity contribution in [2.24, 2.45) is 0 Å². The molecule has 0 fully saturated rings. The van der Waals surface area contributed by atoms with Crippen molar-refractivity contribution in [2.45, 2.75) is 32.5 Å². The van der Waals surface area contributed by atoms with E-state index in [0.717, 1.165) is 0 Å². The lowest BCUT2D eigenvalue weighted by atomic mass is 10.1. The summed E-state index contributed by atoms with van der Waals surface area (Å²) in [6.07, 6.45) is -3.14. The van der Waals surface area contributed by atoms with E-state index >= 15 is 0 Å². The number of methoxy groups -OCH3 is 1. The van der Waals surface area contributed by atoms with Crippen molar-refractivity contribution >= 4 is 11.8 Å². The highest BCUT2D eigenvalue weighted by Gasteiger charge is 2.40. The minimum absolute atomic E-state index is 0.238. The molecular formula is C15H21F3N6O. The normalized spacial score (nSPS) is 12.5. The third kappa shape index (κ3) is 3.68. The van der Waals surface area contributed by atoms with Crippen LogP contribution in [0.1, 0.15) is 25.1 Å². The molecule has 0 saturated heterocycles. The van der Waals surface area contributed by atoms with E-state index in [0.29, 0.717) is 12.3 Å². The van der Waals surface area contributed by atoms with Crippen molar-refractivity contribution in [1.29, 1.82) is 0 Å². The van der Waals surface area contributed by atoms with E-state index in [4.69, 9.17) is 10.5 Å². The molecule has 138 valence electrons. The summed E-state index contributed by atoms with van der Waals surface area (Å²) in [7, 11) is 2.89. The Labute approximate surface area is 143 Å². The number of nitrogens with two attached hydrogens (primary N) is 1. The van der Waals surface area contributed by atoms with E-state index in [1.807, 2.05) is 13.8 Å².